The van der Waals surface area contributed by atoms with E-state index in [2.05, 4.69) is 5.32 Å². The summed E-state index contributed by atoms with van der Waals surface area (Å²) in [7, 11) is 1.50. The first-order valence-corrected chi connectivity index (χ1v) is 4.92. The van der Waals surface area contributed by atoms with E-state index in [1.807, 2.05) is 13.8 Å². The monoisotopic (exact) mass is 203 g/mol. The molecule has 3 nitrogen and oxygen atoms in total. The van der Waals surface area contributed by atoms with Crippen LogP contribution in [0.5, 0.6) is 0 Å². The molecule has 0 spiro atoms. The molecule has 0 saturated carbocycles. The molecule has 0 heterocycles. The maximum Gasteiger partial charge on any atom is 0.251 e. The third kappa shape index (κ3) is 3.24. The van der Waals surface area contributed by atoms with Gasteiger partial charge in [-0.2, -0.15) is 0 Å². The van der Waals surface area contributed by atoms with E-state index < -0.39 is 0 Å². The number of benzene rings is 1. The molecule has 0 bridgehead atoms. The maximum absolute atomic E-state index is 11.5. The van der Waals surface area contributed by atoms with Crippen molar-refractivity contribution in [3.63, 3.8) is 0 Å². The SMILES string of the molecule is BC(=O)c1ccc(C(=O)NC(C)C)cc1. The van der Waals surface area contributed by atoms with Gasteiger partial charge in [0.25, 0.3) is 5.91 Å². The van der Waals surface area contributed by atoms with Crippen molar-refractivity contribution in [3.05, 3.63) is 35.4 Å². The number of nitrogens with one attached hydrogen (secondary N) is 1. The molecule has 15 heavy (non-hydrogen) atoms. The lowest BCUT2D eigenvalue weighted by Gasteiger charge is -2.08. The van der Waals surface area contributed by atoms with Crippen molar-refractivity contribution in [2.45, 2.75) is 19.9 Å². The van der Waals surface area contributed by atoms with Crippen LogP contribution < -0.4 is 5.32 Å². The molecule has 78 valence electrons. The van der Waals surface area contributed by atoms with Gasteiger partial charge in [0.2, 0.25) is 0 Å². The van der Waals surface area contributed by atoms with Gasteiger partial charge in [0, 0.05) is 17.2 Å². The molecular formula is C11H14BNO2. The number of hydrogen-bond donors (Lipinski definition) is 1. The van der Waals surface area contributed by atoms with Gasteiger partial charge in [-0.05, 0) is 26.0 Å². The summed E-state index contributed by atoms with van der Waals surface area (Å²) in [6, 6.07) is 6.77. The lowest BCUT2D eigenvalue weighted by atomic mass is 9.94. The van der Waals surface area contributed by atoms with Crippen LogP contribution in [0.15, 0.2) is 24.3 Å². The Bertz CT molecular complexity index is 371. The Hall–Kier alpha value is -1.58. The van der Waals surface area contributed by atoms with Crippen molar-refractivity contribution in [1.29, 1.82) is 0 Å². The maximum atomic E-state index is 11.5. The second kappa shape index (κ2) is 4.78. The number of amides is 1. The van der Waals surface area contributed by atoms with Crippen molar-refractivity contribution in [3.8, 4) is 0 Å². The molecule has 1 N–H and O–H groups in total. The molecule has 1 aromatic rings. The van der Waals surface area contributed by atoms with E-state index in [0.717, 1.165) is 0 Å². The Kier molecular flexibility index (Phi) is 3.66. The molecule has 1 rings (SSSR count). The average Bonchev–Trinajstić information content (AvgIpc) is 2.17. The fourth-order valence-corrected chi connectivity index (χ4v) is 1.20. The third-order valence-electron chi connectivity index (χ3n) is 1.97. The standard InChI is InChI=1S/C11H14BNO2/c1-7(2)13-11(15)9-5-3-8(4-6-9)10(12)14/h3-7H,12H2,1-2H3,(H,13,15). The van der Waals surface area contributed by atoms with Crippen LogP contribution in [-0.2, 0) is 0 Å². The van der Waals surface area contributed by atoms with E-state index in [1.165, 1.54) is 7.85 Å². The zero-order chi connectivity index (χ0) is 11.4. The second-order valence-electron chi connectivity index (χ2n) is 3.76. The van der Waals surface area contributed by atoms with Gasteiger partial charge in [-0.25, -0.2) is 0 Å². The minimum atomic E-state index is -0.111. The molecule has 4 heteroatoms. The number of carbonyl (C=O) groups excluding carboxylic acids is 2. The van der Waals surface area contributed by atoms with Crippen LogP contribution in [-0.4, -0.2) is 25.5 Å². The summed E-state index contributed by atoms with van der Waals surface area (Å²) in [4.78, 5) is 22.5. The first-order chi connectivity index (χ1) is 7.00. The van der Waals surface area contributed by atoms with Gasteiger partial charge in [-0.1, -0.05) is 12.1 Å². The smallest absolute Gasteiger partial charge is 0.251 e. The van der Waals surface area contributed by atoms with Gasteiger partial charge in [0.1, 0.15) is 5.68 Å². The summed E-state index contributed by atoms with van der Waals surface area (Å²) < 4.78 is 0. The number of rotatable bonds is 3. The van der Waals surface area contributed by atoms with Crippen molar-refractivity contribution in [2.24, 2.45) is 0 Å². The average molecular weight is 203 g/mol. The Morgan fingerprint density at radius 1 is 1.13 bits per heavy atom. The van der Waals surface area contributed by atoms with E-state index in [4.69, 9.17) is 0 Å². The molecule has 0 aromatic heterocycles. The van der Waals surface area contributed by atoms with Crippen LogP contribution in [0.25, 0.3) is 0 Å². The van der Waals surface area contributed by atoms with Crippen molar-refractivity contribution >= 4 is 19.4 Å². The third-order valence-corrected chi connectivity index (χ3v) is 1.97. The highest BCUT2D eigenvalue weighted by molar-refractivity contribution is 6.62. The second-order valence-corrected chi connectivity index (χ2v) is 3.76. The normalized spacial score (nSPS) is 10.1. The van der Waals surface area contributed by atoms with E-state index in [9.17, 15) is 9.59 Å². The summed E-state index contributed by atoms with van der Waals surface area (Å²) in [6.07, 6.45) is 0. The molecule has 0 unspecified atom stereocenters. The zero-order valence-electron chi connectivity index (χ0n) is 9.20. The fourth-order valence-electron chi connectivity index (χ4n) is 1.20. The van der Waals surface area contributed by atoms with Crippen molar-refractivity contribution in [1.82, 2.24) is 5.32 Å². The van der Waals surface area contributed by atoms with Gasteiger partial charge in [0.15, 0.2) is 7.85 Å². The summed E-state index contributed by atoms with van der Waals surface area (Å²) in [5, 5.41) is 2.78. The molecule has 0 radical (unpaired) electrons. The van der Waals surface area contributed by atoms with Crippen molar-refractivity contribution in [2.75, 3.05) is 0 Å². The largest absolute Gasteiger partial charge is 0.350 e. The van der Waals surface area contributed by atoms with Gasteiger partial charge < -0.3 is 10.1 Å². The van der Waals surface area contributed by atoms with Crippen LogP contribution in [0.4, 0.5) is 0 Å². The fraction of sp³-hybridized carbons (Fsp3) is 0.273. The van der Waals surface area contributed by atoms with Gasteiger partial charge >= 0.3 is 0 Å². The topological polar surface area (TPSA) is 46.2 Å². The van der Waals surface area contributed by atoms with E-state index in [0.29, 0.717) is 11.1 Å². The molecule has 0 aliphatic carbocycles. The molecule has 1 aromatic carbocycles. The molecule has 0 fully saturated rings. The van der Waals surface area contributed by atoms with Crippen LogP contribution >= 0.6 is 0 Å². The molecule has 1 amide bonds. The first kappa shape index (κ1) is 11.5. The van der Waals surface area contributed by atoms with Crippen LogP contribution in [0.2, 0.25) is 0 Å². The Morgan fingerprint density at radius 3 is 2.00 bits per heavy atom. The number of carbonyl (C=O) groups is 2. The summed E-state index contributed by atoms with van der Waals surface area (Å²) in [6.45, 7) is 3.81. The lowest BCUT2D eigenvalue weighted by molar-refractivity contribution is 0.0942. The molecular weight excluding hydrogens is 189 g/mol. The quantitative estimate of drug-likeness (QED) is 0.731. The Balaban J connectivity index is 2.80. The first-order valence-electron chi connectivity index (χ1n) is 4.92. The number of hydrogen-bond acceptors (Lipinski definition) is 2. The van der Waals surface area contributed by atoms with Crippen LogP contribution in [0, 0.1) is 0 Å². The van der Waals surface area contributed by atoms with Gasteiger partial charge in [-0.15, -0.1) is 0 Å². The molecule has 0 aliphatic rings. The lowest BCUT2D eigenvalue weighted by Crippen LogP contribution is -2.30. The van der Waals surface area contributed by atoms with Gasteiger partial charge in [0.05, 0.1) is 0 Å². The molecule has 0 atom stereocenters. The predicted octanol–water partition coefficient (Wildman–Crippen LogP) is 0.598. The van der Waals surface area contributed by atoms with E-state index >= 15 is 0 Å². The highest BCUT2D eigenvalue weighted by atomic mass is 16.1. The van der Waals surface area contributed by atoms with Crippen LogP contribution in [0.1, 0.15) is 34.6 Å². The minimum absolute atomic E-state index is 0.00539. The Labute approximate surface area is 90.3 Å². The molecule has 0 saturated heterocycles. The highest BCUT2D eigenvalue weighted by Gasteiger charge is 2.07. The summed E-state index contributed by atoms with van der Waals surface area (Å²) in [5.41, 5.74) is 1.20. The Morgan fingerprint density at radius 2 is 1.60 bits per heavy atom. The van der Waals surface area contributed by atoms with E-state index in [1.54, 1.807) is 24.3 Å². The minimum Gasteiger partial charge on any atom is -0.350 e. The van der Waals surface area contributed by atoms with E-state index in [-0.39, 0.29) is 17.6 Å². The van der Waals surface area contributed by atoms with Crippen LogP contribution in [0.3, 0.4) is 0 Å². The summed E-state index contributed by atoms with van der Waals surface area (Å²) in [5.74, 6) is -0.111. The molecule has 0 aliphatic heterocycles. The summed E-state index contributed by atoms with van der Waals surface area (Å²) >= 11 is 0. The van der Waals surface area contributed by atoms with Gasteiger partial charge in [-0.3, -0.25) is 4.79 Å². The van der Waals surface area contributed by atoms with Crippen molar-refractivity contribution < 1.29 is 9.59 Å². The zero-order valence-corrected chi connectivity index (χ0v) is 9.20. The predicted molar refractivity (Wildman–Crippen MR) is 61.9 cm³/mol. The highest BCUT2D eigenvalue weighted by Crippen LogP contribution is 2.04.